The van der Waals surface area contributed by atoms with Crippen molar-refractivity contribution in [3.8, 4) is 11.3 Å². The number of unbranched alkanes of at least 4 members (excludes halogenated alkanes) is 2. The van der Waals surface area contributed by atoms with Gasteiger partial charge in [0, 0.05) is 36.9 Å². The number of rotatable bonds is 18. The lowest BCUT2D eigenvalue weighted by Crippen LogP contribution is -2.48. The summed E-state index contributed by atoms with van der Waals surface area (Å²) in [4.78, 5) is 49.3. The van der Waals surface area contributed by atoms with Crippen LogP contribution in [0.15, 0.2) is 42.7 Å². The molecule has 0 spiro atoms. The second kappa shape index (κ2) is 19.2. The molecule has 13 nitrogen and oxygen atoms in total. The minimum Gasteiger partial charge on any atom is -0.459 e. The molecular weight excluding hydrogens is 696 g/mol. The monoisotopic (exact) mass is 750 g/mol. The first-order valence-corrected chi connectivity index (χ1v) is 19.3. The maximum absolute atomic E-state index is 13.5. The molecule has 0 aliphatic heterocycles. The SMILES string of the molecule is Cn1ncc(-c2nc(NC3CCC(N(CC(=O)NCCCCCNCC(=O)OC(C)(C)C)C(=O)OCc4ccccc4)CC3)ncc2Cl)c1CC1CC1. The third-order valence-electron chi connectivity index (χ3n) is 9.51. The van der Waals surface area contributed by atoms with Gasteiger partial charge in [0.15, 0.2) is 0 Å². The third-order valence-corrected chi connectivity index (χ3v) is 9.78. The minimum atomic E-state index is -0.499. The quantitative estimate of drug-likeness (QED) is 0.103. The molecule has 1 aromatic carbocycles. The van der Waals surface area contributed by atoms with Gasteiger partial charge in [-0.1, -0.05) is 48.4 Å². The molecule has 3 aromatic rings. The number of carbonyl (C=O) groups excluding carboxylic acids is 3. The smallest absolute Gasteiger partial charge is 0.410 e. The molecule has 2 fully saturated rings. The Labute approximate surface area is 317 Å². The molecule has 0 unspecified atom stereocenters. The molecule has 53 heavy (non-hydrogen) atoms. The number of nitrogens with zero attached hydrogens (tertiary/aromatic N) is 5. The Morgan fingerprint density at radius 3 is 2.43 bits per heavy atom. The van der Waals surface area contributed by atoms with Gasteiger partial charge in [0.1, 0.15) is 18.8 Å². The number of benzene rings is 1. The van der Waals surface area contributed by atoms with E-state index in [-0.39, 0.29) is 43.7 Å². The molecule has 2 amide bonds. The zero-order valence-corrected chi connectivity index (χ0v) is 32.3. The van der Waals surface area contributed by atoms with Crippen LogP contribution < -0.4 is 16.0 Å². The lowest BCUT2D eigenvalue weighted by molar-refractivity contribution is -0.153. The number of halogens is 1. The highest BCUT2D eigenvalue weighted by Crippen LogP contribution is 2.37. The van der Waals surface area contributed by atoms with Crippen molar-refractivity contribution >= 4 is 35.5 Å². The van der Waals surface area contributed by atoms with Gasteiger partial charge >= 0.3 is 12.1 Å². The number of anilines is 1. The second-order valence-electron chi connectivity index (χ2n) is 15.2. The Morgan fingerprint density at radius 2 is 1.72 bits per heavy atom. The summed E-state index contributed by atoms with van der Waals surface area (Å²) in [6, 6.07) is 9.46. The molecule has 288 valence electrons. The van der Waals surface area contributed by atoms with Crippen LogP contribution in [-0.2, 0) is 39.1 Å². The van der Waals surface area contributed by atoms with Crippen LogP contribution >= 0.6 is 11.6 Å². The highest BCUT2D eigenvalue weighted by molar-refractivity contribution is 6.33. The fraction of sp³-hybridized carbons (Fsp3) is 0.590. The molecule has 2 aromatic heterocycles. The summed E-state index contributed by atoms with van der Waals surface area (Å²) in [6.45, 7) is 6.94. The van der Waals surface area contributed by atoms with Gasteiger partial charge in [0.25, 0.3) is 0 Å². The number of esters is 1. The summed E-state index contributed by atoms with van der Waals surface area (Å²) in [7, 11) is 1.96. The van der Waals surface area contributed by atoms with Crippen LogP contribution in [0.2, 0.25) is 5.02 Å². The van der Waals surface area contributed by atoms with Crippen LogP contribution in [-0.4, -0.2) is 86.5 Å². The number of amides is 2. The van der Waals surface area contributed by atoms with Crippen LogP contribution in [0.1, 0.15) is 89.8 Å². The van der Waals surface area contributed by atoms with Crippen molar-refractivity contribution in [2.45, 2.75) is 109 Å². The van der Waals surface area contributed by atoms with E-state index >= 15 is 0 Å². The number of hydrogen-bond donors (Lipinski definition) is 3. The highest BCUT2D eigenvalue weighted by Gasteiger charge is 2.32. The van der Waals surface area contributed by atoms with Crippen LogP contribution in [0, 0.1) is 5.92 Å². The summed E-state index contributed by atoms with van der Waals surface area (Å²) in [6.07, 6.45) is 11.8. The van der Waals surface area contributed by atoms with Crippen molar-refractivity contribution in [1.29, 1.82) is 0 Å². The van der Waals surface area contributed by atoms with Crippen LogP contribution in [0.3, 0.4) is 0 Å². The molecule has 0 saturated heterocycles. The van der Waals surface area contributed by atoms with E-state index in [4.69, 9.17) is 26.1 Å². The Kier molecular flexibility index (Phi) is 14.5. The number of carbonyl (C=O) groups is 3. The highest BCUT2D eigenvalue weighted by atomic mass is 35.5. The van der Waals surface area contributed by atoms with E-state index in [1.807, 2.05) is 69.0 Å². The number of nitrogens with one attached hydrogen (secondary N) is 3. The van der Waals surface area contributed by atoms with E-state index in [1.54, 1.807) is 11.1 Å². The van der Waals surface area contributed by atoms with Gasteiger partial charge in [0.2, 0.25) is 11.9 Å². The summed E-state index contributed by atoms with van der Waals surface area (Å²) in [5.41, 5.74) is 3.13. The van der Waals surface area contributed by atoms with E-state index < -0.39 is 11.7 Å². The number of aromatic nitrogens is 4. The molecule has 2 heterocycles. The fourth-order valence-electron chi connectivity index (χ4n) is 6.54. The zero-order chi connectivity index (χ0) is 37.8. The standard InChI is InChI=1S/C39H55ClN8O5/c1-39(2,3)53-35(50)24-41-19-9-6-10-20-42-34(49)25-48(38(51)52-26-28-11-7-5-8-12-28)30-17-15-29(16-18-30)45-37-43-23-32(40)36(46-37)31-22-44-47(4)33(31)21-27-13-14-27/h5,7-8,11-12,22-23,27,29-30,41H,6,9-10,13-21,24-26H2,1-4H3,(H,42,49)(H,43,45,46). The molecule has 2 aliphatic carbocycles. The predicted molar refractivity (Wildman–Crippen MR) is 204 cm³/mol. The Morgan fingerprint density at radius 1 is 0.981 bits per heavy atom. The van der Waals surface area contributed by atoms with Gasteiger partial charge in [-0.05, 0) is 96.6 Å². The fourth-order valence-corrected chi connectivity index (χ4v) is 6.73. The Bertz CT molecular complexity index is 1650. The van der Waals surface area contributed by atoms with Crippen molar-refractivity contribution in [3.63, 3.8) is 0 Å². The molecule has 0 bridgehead atoms. The maximum atomic E-state index is 13.5. The molecular formula is C39H55ClN8O5. The van der Waals surface area contributed by atoms with Gasteiger partial charge < -0.3 is 25.4 Å². The molecule has 2 aliphatic rings. The van der Waals surface area contributed by atoms with E-state index in [1.165, 1.54) is 12.8 Å². The summed E-state index contributed by atoms with van der Waals surface area (Å²) in [5.74, 6) is 0.704. The molecule has 14 heteroatoms. The Balaban J connectivity index is 1.10. The molecule has 0 radical (unpaired) electrons. The number of ether oxygens (including phenoxy) is 2. The van der Waals surface area contributed by atoms with Crippen LogP contribution in [0.25, 0.3) is 11.3 Å². The molecule has 3 N–H and O–H groups in total. The van der Waals surface area contributed by atoms with E-state index in [9.17, 15) is 14.4 Å². The lowest BCUT2D eigenvalue weighted by atomic mass is 9.90. The average Bonchev–Trinajstić information content (AvgIpc) is 3.88. The minimum absolute atomic E-state index is 0.0776. The topological polar surface area (TPSA) is 153 Å². The van der Waals surface area contributed by atoms with Crippen molar-refractivity contribution in [2.24, 2.45) is 13.0 Å². The second-order valence-corrected chi connectivity index (χ2v) is 15.6. The number of hydrogen-bond acceptors (Lipinski definition) is 10. The molecule has 2 saturated carbocycles. The number of aryl methyl sites for hydroxylation is 1. The summed E-state index contributed by atoms with van der Waals surface area (Å²) < 4.78 is 12.9. The summed E-state index contributed by atoms with van der Waals surface area (Å²) in [5, 5.41) is 14.5. The van der Waals surface area contributed by atoms with Crippen LogP contribution in [0.5, 0.6) is 0 Å². The summed E-state index contributed by atoms with van der Waals surface area (Å²) >= 11 is 6.60. The molecule has 5 rings (SSSR count). The average molecular weight is 751 g/mol. The largest absolute Gasteiger partial charge is 0.459 e. The van der Waals surface area contributed by atoms with E-state index in [0.29, 0.717) is 48.5 Å². The first-order valence-electron chi connectivity index (χ1n) is 18.9. The first kappa shape index (κ1) is 40.0. The van der Waals surface area contributed by atoms with Crippen molar-refractivity contribution in [2.75, 3.05) is 31.5 Å². The van der Waals surface area contributed by atoms with Crippen molar-refractivity contribution < 1.29 is 23.9 Å². The van der Waals surface area contributed by atoms with Crippen molar-refractivity contribution in [1.82, 2.24) is 35.3 Å². The predicted octanol–water partition coefficient (Wildman–Crippen LogP) is 6.06. The van der Waals surface area contributed by atoms with Gasteiger partial charge in [0.05, 0.1) is 29.7 Å². The normalized spacial score (nSPS) is 17.2. The molecule has 0 atom stereocenters. The lowest BCUT2D eigenvalue weighted by Gasteiger charge is -2.36. The van der Waals surface area contributed by atoms with Crippen LogP contribution in [0.4, 0.5) is 10.7 Å². The Hall–Kier alpha value is -4.23. The van der Waals surface area contributed by atoms with Gasteiger partial charge in [-0.2, -0.15) is 5.10 Å². The van der Waals surface area contributed by atoms with Gasteiger partial charge in [-0.3, -0.25) is 19.2 Å². The van der Waals surface area contributed by atoms with E-state index in [0.717, 1.165) is 55.3 Å². The third kappa shape index (κ3) is 13.0. The first-order chi connectivity index (χ1) is 25.4. The van der Waals surface area contributed by atoms with Gasteiger partial charge in [-0.15, -0.1) is 0 Å². The van der Waals surface area contributed by atoms with E-state index in [2.05, 4.69) is 26.0 Å². The van der Waals surface area contributed by atoms with Gasteiger partial charge in [-0.25, -0.2) is 14.8 Å². The van der Waals surface area contributed by atoms with Crippen molar-refractivity contribution in [3.05, 3.63) is 59.0 Å². The zero-order valence-electron chi connectivity index (χ0n) is 31.5. The maximum Gasteiger partial charge on any atom is 0.410 e.